The summed E-state index contributed by atoms with van der Waals surface area (Å²) in [4.78, 5) is 57.4. The molecule has 3 aromatic heterocycles. The number of piperidine rings is 2. The molecule has 1 aliphatic carbocycles. The zero-order chi connectivity index (χ0) is 41.1. The summed E-state index contributed by atoms with van der Waals surface area (Å²) >= 11 is 0. The van der Waals surface area contributed by atoms with E-state index in [0.29, 0.717) is 41.0 Å². The van der Waals surface area contributed by atoms with Crippen molar-refractivity contribution in [1.29, 1.82) is 0 Å². The number of pyridine rings is 1. The molecule has 3 amide bonds. The number of benzene rings is 2. The monoisotopic (exact) mass is 807 g/mol. The fraction of sp³-hybridized carbons (Fsp3) is 0.450. The molecule has 306 valence electrons. The number of carbonyl (C=O) groups excluding carboxylic acids is 3. The Morgan fingerprint density at radius 3 is 2.48 bits per heavy atom. The number of imide groups is 1. The number of aryl methyl sites for hydroxylation is 1. The van der Waals surface area contributed by atoms with E-state index in [4.69, 9.17) is 5.10 Å². The van der Waals surface area contributed by atoms with Gasteiger partial charge >= 0.3 is 11.9 Å². The Morgan fingerprint density at radius 2 is 1.76 bits per heavy atom. The average molecular weight is 808 g/mol. The van der Waals surface area contributed by atoms with E-state index in [1.807, 2.05) is 10.9 Å². The third-order valence-electron chi connectivity index (χ3n) is 11.8. The van der Waals surface area contributed by atoms with Gasteiger partial charge in [0.2, 0.25) is 11.8 Å². The summed E-state index contributed by atoms with van der Waals surface area (Å²) in [6, 6.07) is 11.5. The van der Waals surface area contributed by atoms with Crippen LogP contribution in [0.5, 0.6) is 0 Å². The topological polar surface area (TPSA) is 139 Å². The number of alkyl halides is 5. The SMILES string of the molecule is CN(C[C@H]1CC[C@H](n2cc3cc(NC(=O)c4cccc(C(F)(F)F)n4)ccc3n2)CC1)C1CCN(c2cccc3c2n(C)c(=O)n3C2CCC(=O)NC2=O)CC1(F)F. The van der Waals surface area contributed by atoms with E-state index in [-0.39, 0.29) is 36.9 Å². The Balaban J connectivity index is 0.879. The quantitative estimate of drug-likeness (QED) is 0.146. The highest BCUT2D eigenvalue weighted by molar-refractivity contribution is 6.04. The van der Waals surface area contributed by atoms with E-state index in [9.17, 15) is 32.3 Å². The molecule has 3 aliphatic rings. The standard InChI is InChI=1S/C40H42F5N9O4/c1-50(33-17-18-52(22-39(33,41)42)29-6-4-7-30-35(29)51(2)38(58)54(30)31-15-16-34(55)48-37(31)57)20-23-9-12-26(13-10-23)53-21-24-19-25(11-14-27(24)49-53)46-36(56)28-5-3-8-32(47-28)40(43,44)45/h3-8,11,14,19,21,23,26,31,33H,9-10,12-13,15-18,20,22H2,1-2H3,(H,46,56)(H,48,55,57)/t23-,26-,31?,33?. The number of hydrogen-bond donors (Lipinski definition) is 2. The van der Waals surface area contributed by atoms with Crippen molar-refractivity contribution in [3.63, 3.8) is 0 Å². The first kappa shape index (κ1) is 39.2. The number of anilines is 2. The first-order valence-corrected chi connectivity index (χ1v) is 19.3. The van der Waals surface area contributed by atoms with Crippen molar-refractivity contribution in [3.8, 4) is 0 Å². The van der Waals surface area contributed by atoms with Gasteiger partial charge in [0, 0.05) is 43.8 Å². The maximum absolute atomic E-state index is 16.1. The van der Waals surface area contributed by atoms with Crippen LogP contribution in [0.4, 0.5) is 33.3 Å². The van der Waals surface area contributed by atoms with Gasteiger partial charge in [-0.25, -0.2) is 18.6 Å². The Morgan fingerprint density at radius 1 is 1.00 bits per heavy atom. The van der Waals surface area contributed by atoms with Gasteiger partial charge in [-0.15, -0.1) is 0 Å². The van der Waals surface area contributed by atoms with Crippen molar-refractivity contribution in [1.82, 2.24) is 34.1 Å². The Hall–Kier alpha value is -5.65. The molecule has 2 aliphatic heterocycles. The van der Waals surface area contributed by atoms with Gasteiger partial charge in [-0.1, -0.05) is 12.1 Å². The molecule has 2 aromatic carbocycles. The van der Waals surface area contributed by atoms with E-state index in [1.165, 1.54) is 15.2 Å². The van der Waals surface area contributed by atoms with E-state index >= 15 is 8.78 Å². The molecule has 2 atom stereocenters. The normalized spacial score (nSPS) is 22.8. The zero-order valence-corrected chi connectivity index (χ0v) is 31.8. The molecule has 0 radical (unpaired) electrons. The number of halogens is 5. The number of amides is 3. The Labute approximate surface area is 328 Å². The minimum atomic E-state index is -4.67. The fourth-order valence-electron chi connectivity index (χ4n) is 8.93. The second kappa shape index (κ2) is 14.9. The van der Waals surface area contributed by atoms with Crippen LogP contribution in [0, 0.1) is 5.92 Å². The number of hydrogen-bond acceptors (Lipinski definition) is 8. The van der Waals surface area contributed by atoms with Crippen LogP contribution in [0.25, 0.3) is 21.9 Å². The van der Waals surface area contributed by atoms with Gasteiger partial charge in [0.25, 0.3) is 11.8 Å². The van der Waals surface area contributed by atoms with Crippen LogP contribution in [-0.4, -0.2) is 85.2 Å². The van der Waals surface area contributed by atoms with Gasteiger partial charge in [-0.05, 0) is 94.0 Å². The lowest BCUT2D eigenvalue weighted by Crippen LogP contribution is -2.58. The summed E-state index contributed by atoms with van der Waals surface area (Å²) in [6.07, 6.45) is 0.915. The minimum Gasteiger partial charge on any atom is -0.364 e. The van der Waals surface area contributed by atoms with Gasteiger partial charge in [-0.3, -0.25) is 38.4 Å². The van der Waals surface area contributed by atoms with E-state index in [2.05, 4.69) is 15.6 Å². The summed E-state index contributed by atoms with van der Waals surface area (Å²) in [5, 5.41) is 10.4. The highest BCUT2D eigenvalue weighted by Gasteiger charge is 2.47. The summed E-state index contributed by atoms with van der Waals surface area (Å²) in [6.45, 7) is 0.317. The maximum Gasteiger partial charge on any atom is 0.433 e. The van der Waals surface area contributed by atoms with Crippen LogP contribution in [0.15, 0.2) is 65.6 Å². The molecule has 2 N–H and O–H groups in total. The number of para-hydroxylation sites is 1. The summed E-state index contributed by atoms with van der Waals surface area (Å²) in [7, 11) is 3.31. The minimum absolute atomic E-state index is 0.0921. The lowest BCUT2D eigenvalue weighted by molar-refractivity contribution is -0.141. The molecule has 5 heterocycles. The predicted octanol–water partition coefficient (Wildman–Crippen LogP) is 5.91. The molecule has 13 nitrogen and oxygen atoms in total. The summed E-state index contributed by atoms with van der Waals surface area (Å²) < 4.78 is 76.1. The third-order valence-corrected chi connectivity index (χ3v) is 11.8. The second-order valence-electron chi connectivity index (χ2n) is 15.7. The van der Waals surface area contributed by atoms with Gasteiger partial charge < -0.3 is 10.2 Å². The van der Waals surface area contributed by atoms with Crippen LogP contribution < -0.4 is 21.2 Å². The first-order valence-electron chi connectivity index (χ1n) is 19.3. The maximum atomic E-state index is 16.1. The molecular weight excluding hydrogens is 765 g/mol. The van der Waals surface area contributed by atoms with Gasteiger partial charge in [-0.2, -0.15) is 18.3 Å². The van der Waals surface area contributed by atoms with E-state index in [1.54, 1.807) is 60.3 Å². The number of imidazole rings is 1. The molecule has 5 aromatic rings. The third kappa shape index (κ3) is 7.44. The van der Waals surface area contributed by atoms with Crippen LogP contribution in [0.3, 0.4) is 0 Å². The number of fused-ring (bicyclic) bond motifs is 2. The molecule has 18 heteroatoms. The van der Waals surface area contributed by atoms with Crippen molar-refractivity contribution in [3.05, 3.63) is 82.7 Å². The Kier molecular flexibility index (Phi) is 10.1. The predicted molar refractivity (Wildman–Crippen MR) is 205 cm³/mol. The summed E-state index contributed by atoms with van der Waals surface area (Å²) in [5.41, 5.74) is 0.507. The molecule has 0 bridgehead atoms. The highest BCUT2D eigenvalue weighted by atomic mass is 19.4. The van der Waals surface area contributed by atoms with Crippen molar-refractivity contribution in [2.75, 3.05) is 36.9 Å². The first-order chi connectivity index (χ1) is 27.6. The van der Waals surface area contributed by atoms with Crippen molar-refractivity contribution in [2.45, 2.75) is 75.2 Å². The van der Waals surface area contributed by atoms with Gasteiger partial charge in [0.1, 0.15) is 17.4 Å². The van der Waals surface area contributed by atoms with Crippen molar-refractivity contribution in [2.24, 2.45) is 13.0 Å². The van der Waals surface area contributed by atoms with Crippen LogP contribution >= 0.6 is 0 Å². The Bertz CT molecular complexity index is 2470. The molecule has 0 spiro atoms. The van der Waals surface area contributed by atoms with Gasteiger partial charge in [0.15, 0.2) is 0 Å². The van der Waals surface area contributed by atoms with Crippen LogP contribution in [0.1, 0.15) is 73.2 Å². The number of rotatable bonds is 8. The number of nitrogens with one attached hydrogen (secondary N) is 2. The molecule has 58 heavy (non-hydrogen) atoms. The van der Waals surface area contributed by atoms with Gasteiger partial charge in [0.05, 0.1) is 40.9 Å². The molecule has 2 saturated heterocycles. The zero-order valence-electron chi connectivity index (χ0n) is 31.8. The highest BCUT2D eigenvalue weighted by Crippen LogP contribution is 2.39. The molecule has 2 unspecified atom stereocenters. The molecule has 1 saturated carbocycles. The second-order valence-corrected chi connectivity index (χ2v) is 15.7. The van der Waals surface area contributed by atoms with Crippen LogP contribution in [-0.2, 0) is 22.8 Å². The summed E-state index contributed by atoms with van der Waals surface area (Å²) in [5.74, 6) is -4.58. The lowest BCUT2D eigenvalue weighted by Gasteiger charge is -2.44. The molecule has 8 rings (SSSR count). The number of nitrogens with zero attached hydrogens (tertiary/aromatic N) is 7. The molecular formula is C40H42F5N9O4. The van der Waals surface area contributed by atoms with Crippen molar-refractivity contribution >= 4 is 51.0 Å². The smallest absolute Gasteiger partial charge is 0.364 e. The average Bonchev–Trinajstić information content (AvgIpc) is 3.72. The lowest BCUT2D eigenvalue weighted by atomic mass is 9.85. The van der Waals surface area contributed by atoms with E-state index in [0.717, 1.165) is 43.2 Å². The molecule has 3 fully saturated rings. The largest absolute Gasteiger partial charge is 0.433 e. The number of carbonyl (C=O) groups is 3. The number of aromatic nitrogens is 5. The van der Waals surface area contributed by atoms with E-state index < -0.39 is 59.8 Å². The van der Waals surface area contributed by atoms with Crippen molar-refractivity contribution < 1.29 is 36.3 Å². The van der Waals surface area contributed by atoms with Crippen LogP contribution in [0.2, 0.25) is 0 Å². The fourth-order valence-corrected chi connectivity index (χ4v) is 8.93.